The average Bonchev–Trinajstić information content (AvgIpc) is 3.03. The molecule has 0 atom stereocenters. The van der Waals surface area contributed by atoms with Crippen LogP contribution >= 0.6 is 0 Å². The second-order valence-corrected chi connectivity index (χ2v) is 4.68. The van der Waals surface area contributed by atoms with E-state index < -0.39 is 0 Å². The van der Waals surface area contributed by atoms with Crippen LogP contribution in [0.15, 0.2) is 12.3 Å². The van der Waals surface area contributed by atoms with Gasteiger partial charge in [-0.05, 0) is 12.5 Å². The maximum absolute atomic E-state index is 4.98. The van der Waals surface area contributed by atoms with E-state index in [4.69, 9.17) is 4.74 Å². The lowest BCUT2D eigenvalue weighted by Gasteiger charge is -2.01. The van der Waals surface area contributed by atoms with Crippen LogP contribution in [0, 0.1) is 0 Å². The Labute approximate surface area is 118 Å². The summed E-state index contributed by atoms with van der Waals surface area (Å²) in [5.74, 6) is 0. The zero-order valence-corrected chi connectivity index (χ0v) is 12.3. The Morgan fingerprint density at radius 3 is 2.90 bits per heavy atom. The number of nitrogens with zero attached hydrogens (tertiary/aromatic N) is 5. The standard InChI is InChI=1S/C13H22N6O/c1-4-11-7-13(18(2)16-11)10-19-9-12(15-17-19)8-14-5-6-20-3/h7,9,14H,4-6,8,10H2,1-3H3. The maximum atomic E-state index is 4.98. The highest BCUT2D eigenvalue weighted by Crippen LogP contribution is 2.06. The summed E-state index contributed by atoms with van der Waals surface area (Å²) in [5.41, 5.74) is 3.16. The summed E-state index contributed by atoms with van der Waals surface area (Å²) in [4.78, 5) is 0. The number of hydrogen-bond donors (Lipinski definition) is 1. The lowest BCUT2D eigenvalue weighted by molar-refractivity contribution is 0.199. The predicted molar refractivity (Wildman–Crippen MR) is 75.3 cm³/mol. The third kappa shape index (κ3) is 3.88. The first-order valence-electron chi connectivity index (χ1n) is 6.83. The molecule has 0 spiro atoms. The Balaban J connectivity index is 1.90. The number of nitrogens with one attached hydrogen (secondary N) is 1. The van der Waals surface area contributed by atoms with Gasteiger partial charge in [-0.2, -0.15) is 5.10 Å². The lowest BCUT2D eigenvalue weighted by Crippen LogP contribution is -2.18. The van der Waals surface area contributed by atoms with Crippen molar-refractivity contribution in [1.82, 2.24) is 30.1 Å². The summed E-state index contributed by atoms with van der Waals surface area (Å²) in [6.07, 6.45) is 2.90. The van der Waals surface area contributed by atoms with Crippen LogP contribution in [0.4, 0.5) is 0 Å². The first-order valence-corrected chi connectivity index (χ1v) is 6.83. The van der Waals surface area contributed by atoms with Gasteiger partial charge in [0.25, 0.3) is 0 Å². The Hall–Kier alpha value is -1.73. The normalized spacial score (nSPS) is 11.2. The SMILES string of the molecule is CCc1cc(Cn2cc(CNCCOC)nn2)n(C)n1. The van der Waals surface area contributed by atoms with E-state index in [1.807, 2.05) is 22.6 Å². The van der Waals surface area contributed by atoms with Gasteiger partial charge in [-0.3, -0.25) is 4.68 Å². The molecule has 2 aromatic heterocycles. The number of aryl methyl sites for hydroxylation is 2. The van der Waals surface area contributed by atoms with Crippen LogP contribution in [0.3, 0.4) is 0 Å². The molecule has 0 radical (unpaired) electrons. The Kier molecular flexibility index (Phi) is 5.25. The minimum Gasteiger partial charge on any atom is -0.383 e. The topological polar surface area (TPSA) is 69.8 Å². The summed E-state index contributed by atoms with van der Waals surface area (Å²) in [5, 5.41) is 16.0. The number of ether oxygens (including phenoxy) is 1. The van der Waals surface area contributed by atoms with Crippen molar-refractivity contribution in [2.75, 3.05) is 20.3 Å². The zero-order valence-electron chi connectivity index (χ0n) is 12.3. The molecule has 0 aliphatic heterocycles. The average molecular weight is 278 g/mol. The Morgan fingerprint density at radius 2 is 2.20 bits per heavy atom. The Bertz CT molecular complexity index is 533. The van der Waals surface area contributed by atoms with E-state index in [0.717, 1.165) is 30.0 Å². The van der Waals surface area contributed by atoms with Crippen LogP contribution in [-0.4, -0.2) is 45.0 Å². The molecule has 2 aromatic rings. The molecule has 2 rings (SSSR count). The molecule has 7 nitrogen and oxygen atoms in total. The second kappa shape index (κ2) is 7.16. The van der Waals surface area contributed by atoms with Crippen LogP contribution < -0.4 is 5.32 Å². The Morgan fingerprint density at radius 1 is 1.35 bits per heavy atom. The van der Waals surface area contributed by atoms with Gasteiger partial charge in [-0.1, -0.05) is 12.1 Å². The van der Waals surface area contributed by atoms with E-state index in [0.29, 0.717) is 19.7 Å². The second-order valence-electron chi connectivity index (χ2n) is 4.68. The molecule has 0 saturated heterocycles. The zero-order chi connectivity index (χ0) is 14.4. The highest BCUT2D eigenvalue weighted by molar-refractivity contribution is 5.10. The van der Waals surface area contributed by atoms with E-state index in [2.05, 4.69) is 33.7 Å². The number of hydrogen-bond acceptors (Lipinski definition) is 5. The summed E-state index contributed by atoms with van der Waals surface area (Å²) in [7, 11) is 3.65. The molecule has 0 aliphatic rings. The van der Waals surface area contributed by atoms with Crippen LogP contribution in [0.25, 0.3) is 0 Å². The number of rotatable bonds is 8. The van der Waals surface area contributed by atoms with Crippen molar-refractivity contribution in [3.63, 3.8) is 0 Å². The van der Waals surface area contributed by atoms with Crippen LogP contribution in [-0.2, 0) is 31.3 Å². The van der Waals surface area contributed by atoms with Gasteiger partial charge >= 0.3 is 0 Å². The van der Waals surface area contributed by atoms with E-state index in [1.54, 1.807) is 7.11 Å². The molecular formula is C13H22N6O. The molecule has 0 bridgehead atoms. The van der Waals surface area contributed by atoms with Crippen LogP contribution in [0.2, 0.25) is 0 Å². The third-order valence-corrected chi connectivity index (χ3v) is 3.09. The van der Waals surface area contributed by atoms with Crippen molar-refractivity contribution in [2.45, 2.75) is 26.4 Å². The molecule has 2 heterocycles. The van der Waals surface area contributed by atoms with Crippen molar-refractivity contribution in [3.8, 4) is 0 Å². The minimum atomic E-state index is 0.689. The molecule has 0 saturated carbocycles. The van der Waals surface area contributed by atoms with E-state index in [1.165, 1.54) is 0 Å². The first-order chi connectivity index (χ1) is 9.72. The van der Waals surface area contributed by atoms with E-state index in [9.17, 15) is 0 Å². The van der Waals surface area contributed by atoms with Gasteiger partial charge in [0.2, 0.25) is 0 Å². The minimum absolute atomic E-state index is 0.689. The van der Waals surface area contributed by atoms with Gasteiger partial charge in [-0.25, -0.2) is 4.68 Å². The lowest BCUT2D eigenvalue weighted by atomic mass is 10.3. The summed E-state index contributed by atoms with van der Waals surface area (Å²) in [6, 6.07) is 2.11. The molecular weight excluding hydrogens is 256 g/mol. The fourth-order valence-corrected chi connectivity index (χ4v) is 1.95. The number of aromatic nitrogens is 5. The third-order valence-electron chi connectivity index (χ3n) is 3.09. The van der Waals surface area contributed by atoms with Gasteiger partial charge in [0.15, 0.2) is 0 Å². The molecule has 110 valence electrons. The predicted octanol–water partition coefficient (Wildman–Crippen LogP) is 0.358. The van der Waals surface area contributed by atoms with Crippen LogP contribution in [0.5, 0.6) is 0 Å². The van der Waals surface area contributed by atoms with Crippen LogP contribution in [0.1, 0.15) is 24.0 Å². The monoisotopic (exact) mass is 278 g/mol. The fraction of sp³-hybridized carbons (Fsp3) is 0.615. The molecule has 20 heavy (non-hydrogen) atoms. The molecule has 7 heteroatoms. The quantitative estimate of drug-likeness (QED) is 0.706. The van der Waals surface area contributed by atoms with Gasteiger partial charge in [0.1, 0.15) is 0 Å². The molecule has 0 fully saturated rings. The highest BCUT2D eigenvalue weighted by atomic mass is 16.5. The fourth-order valence-electron chi connectivity index (χ4n) is 1.95. The first kappa shape index (κ1) is 14.7. The summed E-state index contributed by atoms with van der Waals surface area (Å²) >= 11 is 0. The highest BCUT2D eigenvalue weighted by Gasteiger charge is 2.06. The van der Waals surface area contributed by atoms with E-state index >= 15 is 0 Å². The summed E-state index contributed by atoms with van der Waals surface area (Å²) < 4.78 is 8.71. The summed E-state index contributed by atoms with van der Waals surface area (Å²) in [6.45, 7) is 5.00. The van der Waals surface area contributed by atoms with Crippen molar-refractivity contribution in [3.05, 3.63) is 29.3 Å². The van der Waals surface area contributed by atoms with Gasteiger partial charge in [0.05, 0.1) is 36.4 Å². The van der Waals surface area contributed by atoms with Crippen molar-refractivity contribution in [1.29, 1.82) is 0 Å². The van der Waals surface area contributed by atoms with Gasteiger partial charge in [-0.15, -0.1) is 5.10 Å². The van der Waals surface area contributed by atoms with Gasteiger partial charge < -0.3 is 10.1 Å². The largest absolute Gasteiger partial charge is 0.383 e. The van der Waals surface area contributed by atoms with Gasteiger partial charge in [0, 0.05) is 27.2 Å². The smallest absolute Gasteiger partial charge is 0.0965 e. The van der Waals surface area contributed by atoms with Crippen molar-refractivity contribution >= 4 is 0 Å². The molecule has 0 unspecified atom stereocenters. The van der Waals surface area contributed by atoms with E-state index in [-0.39, 0.29) is 0 Å². The van der Waals surface area contributed by atoms with Crippen molar-refractivity contribution in [2.24, 2.45) is 7.05 Å². The molecule has 0 amide bonds. The molecule has 0 aliphatic carbocycles. The van der Waals surface area contributed by atoms with Crippen molar-refractivity contribution < 1.29 is 4.74 Å². The maximum Gasteiger partial charge on any atom is 0.0965 e. The molecule has 1 N–H and O–H groups in total. The molecule has 0 aromatic carbocycles. The number of methoxy groups -OCH3 is 1.